The molecule has 10 heteroatoms. The molecule has 0 heterocycles. The summed E-state index contributed by atoms with van der Waals surface area (Å²) in [6.07, 6.45) is 4.22. The van der Waals surface area contributed by atoms with Gasteiger partial charge in [0.05, 0.1) is 28.4 Å². The maximum absolute atomic E-state index is 13.7. The highest BCUT2D eigenvalue weighted by Gasteiger charge is 2.85. The van der Waals surface area contributed by atoms with Gasteiger partial charge < -0.3 is 18.9 Å². The fraction of sp³-hybridized carbons (Fsp3) is 0.636. The van der Waals surface area contributed by atoms with E-state index in [1.165, 1.54) is 0 Å². The molecule has 0 aliphatic heterocycles. The molecule has 0 bridgehead atoms. The van der Waals surface area contributed by atoms with Gasteiger partial charge in [0.1, 0.15) is 23.7 Å². The summed E-state index contributed by atoms with van der Waals surface area (Å²) >= 11 is 0. The van der Waals surface area contributed by atoms with Crippen LogP contribution in [0.15, 0.2) is 12.2 Å². The zero-order valence-corrected chi connectivity index (χ0v) is 18.4. The monoisotopic (exact) mass is 450 g/mol. The minimum atomic E-state index is -1.72. The zero-order valence-electron chi connectivity index (χ0n) is 18.4. The average molecular weight is 450 g/mol. The molecule has 0 aromatic rings. The number of allylic oxidation sites excluding steroid dienone is 2. The van der Waals surface area contributed by atoms with E-state index in [2.05, 4.69) is 0 Å². The van der Waals surface area contributed by atoms with Crippen LogP contribution in [0.1, 0.15) is 25.7 Å². The Balaban J connectivity index is 2.49. The Bertz CT molecular complexity index is 776. The number of esters is 4. The number of methoxy groups -OCH3 is 4. The van der Waals surface area contributed by atoms with Gasteiger partial charge in [0.2, 0.25) is 0 Å². The molecule has 0 saturated heterocycles. The van der Waals surface area contributed by atoms with Crippen molar-refractivity contribution in [3.63, 3.8) is 0 Å². The second kappa shape index (κ2) is 8.48. The van der Waals surface area contributed by atoms with Crippen molar-refractivity contribution in [2.45, 2.75) is 25.7 Å². The van der Waals surface area contributed by atoms with Crippen molar-refractivity contribution < 1.29 is 47.7 Å². The van der Waals surface area contributed by atoms with Crippen LogP contribution in [0, 0.1) is 34.5 Å². The molecular formula is C22H26O10. The van der Waals surface area contributed by atoms with Crippen LogP contribution >= 0.6 is 0 Å². The van der Waals surface area contributed by atoms with E-state index in [0.29, 0.717) is 12.8 Å². The molecule has 2 saturated carbocycles. The van der Waals surface area contributed by atoms with Gasteiger partial charge in [-0.05, 0) is 25.7 Å². The molecule has 0 aromatic heterocycles. The SMILES string of the molecule is COC(=O)[C@@H]1C(=O)[C@H](C(=O)OC)C23CCC=CCCC12[C@H](C(=O)OC)C(=O)[C@@H]3C(=O)OC. The molecule has 3 aliphatic rings. The van der Waals surface area contributed by atoms with Crippen LogP contribution in [0.2, 0.25) is 0 Å². The number of ether oxygens (including phenoxy) is 4. The molecule has 0 N–H and O–H groups in total. The molecule has 174 valence electrons. The van der Waals surface area contributed by atoms with Crippen molar-refractivity contribution in [1.29, 1.82) is 0 Å². The van der Waals surface area contributed by atoms with Gasteiger partial charge in [-0.15, -0.1) is 0 Å². The summed E-state index contributed by atoms with van der Waals surface area (Å²) in [5, 5.41) is 0. The number of carbonyl (C=O) groups is 6. The highest BCUT2D eigenvalue weighted by Crippen LogP contribution is 2.74. The van der Waals surface area contributed by atoms with Crippen LogP contribution < -0.4 is 0 Å². The molecule has 0 amide bonds. The highest BCUT2D eigenvalue weighted by molar-refractivity contribution is 6.20. The Morgan fingerprint density at radius 2 is 0.875 bits per heavy atom. The summed E-state index contributed by atoms with van der Waals surface area (Å²) in [5.41, 5.74) is -3.44. The smallest absolute Gasteiger partial charge is 0.316 e. The molecule has 3 aliphatic carbocycles. The summed E-state index contributed by atoms with van der Waals surface area (Å²) < 4.78 is 19.6. The number of hydrogen-bond donors (Lipinski definition) is 0. The van der Waals surface area contributed by atoms with Crippen molar-refractivity contribution in [1.82, 2.24) is 0 Å². The van der Waals surface area contributed by atoms with Crippen LogP contribution in [0.3, 0.4) is 0 Å². The molecular weight excluding hydrogens is 424 g/mol. The van der Waals surface area contributed by atoms with Gasteiger partial charge >= 0.3 is 23.9 Å². The fourth-order valence-corrected chi connectivity index (χ4v) is 6.46. The highest BCUT2D eigenvalue weighted by atomic mass is 16.5. The fourth-order valence-electron chi connectivity index (χ4n) is 6.46. The molecule has 0 aromatic carbocycles. The second-order valence-corrected chi connectivity index (χ2v) is 8.26. The van der Waals surface area contributed by atoms with Gasteiger partial charge in [0.15, 0.2) is 11.6 Å². The van der Waals surface area contributed by atoms with Crippen molar-refractivity contribution in [2.24, 2.45) is 34.5 Å². The Kier molecular flexibility index (Phi) is 6.26. The third-order valence-corrected chi connectivity index (χ3v) is 7.43. The lowest BCUT2D eigenvalue weighted by molar-refractivity contribution is -0.170. The van der Waals surface area contributed by atoms with Gasteiger partial charge in [0, 0.05) is 10.8 Å². The van der Waals surface area contributed by atoms with E-state index in [1.807, 2.05) is 12.2 Å². The topological polar surface area (TPSA) is 139 Å². The van der Waals surface area contributed by atoms with Gasteiger partial charge in [-0.1, -0.05) is 12.2 Å². The second-order valence-electron chi connectivity index (χ2n) is 8.26. The Morgan fingerprint density at radius 3 is 1.09 bits per heavy atom. The number of hydrogen-bond acceptors (Lipinski definition) is 10. The zero-order chi connectivity index (χ0) is 23.8. The van der Waals surface area contributed by atoms with Crippen molar-refractivity contribution in [3.8, 4) is 0 Å². The summed E-state index contributed by atoms with van der Waals surface area (Å²) in [7, 11) is 4.29. The lowest BCUT2D eigenvalue weighted by Crippen LogP contribution is -2.52. The maximum Gasteiger partial charge on any atom is 0.316 e. The predicted molar refractivity (Wildman–Crippen MR) is 105 cm³/mol. The molecule has 0 radical (unpaired) electrons. The van der Waals surface area contributed by atoms with E-state index >= 15 is 0 Å². The van der Waals surface area contributed by atoms with E-state index in [-0.39, 0.29) is 12.8 Å². The molecule has 10 nitrogen and oxygen atoms in total. The molecule has 0 spiro atoms. The number of carbonyl (C=O) groups excluding carboxylic acids is 6. The largest absolute Gasteiger partial charge is 0.468 e. The normalized spacial score (nSPS) is 35.8. The number of ketones is 2. The number of rotatable bonds is 4. The van der Waals surface area contributed by atoms with Gasteiger partial charge in [-0.25, -0.2) is 0 Å². The minimum Gasteiger partial charge on any atom is -0.468 e. The van der Waals surface area contributed by atoms with Gasteiger partial charge in [0.25, 0.3) is 0 Å². The van der Waals surface area contributed by atoms with Gasteiger partial charge in [-0.2, -0.15) is 0 Å². The third kappa shape index (κ3) is 2.77. The van der Waals surface area contributed by atoms with Gasteiger partial charge in [-0.3, -0.25) is 28.8 Å². The van der Waals surface area contributed by atoms with Crippen molar-refractivity contribution in [3.05, 3.63) is 12.2 Å². The summed E-state index contributed by atoms with van der Waals surface area (Å²) in [5.74, 6) is -12.1. The van der Waals surface area contributed by atoms with E-state index in [1.54, 1.807) is 0 Å². The third-order valence-electron chi connectivity index (χ3n) is 7.43. The van der Waals surface area contributed by atoms with E-state index < -0.39 is 69.9 Å². The Labute approximate surface area is 184 Å². The Morgan fingerprint density at radius 1 is 0.625 bits per heavy atom. The molecule has 3 rings (SSSR count). The van der Waals surface area contributed by atoms with E-state index in [4.69, 9.17) is 18.9 Å². The summed E-state index contributed by atoms with van der Waals surface area (Å²) in [4.78, 5) is 79.3. The maximum atomic E-state index is 13.7. The first-order valence-corrected chi connectivity index (χ1v) is 10.2. The first-order chi connectivity index (χ1) is 15.2. The lowest BCUT2D eigenvalue weighted by atomic mass is 9.53. The quantitative estimate of drug-likeness (QED) is 0.256. The predicted octanol–water partition coefficient (Wildman–Crippen LogP) is 0.412. The van der Waals surface area contributed by atoms with E-state index in [9.17, 15) is 28.8 Å². The summed E-state index contributed by atoms with van der Waals surface area (Å²) in [6.45, 7) is 0. The van der Waals surface area contributed by atoms with Crippen LogP contribution in [0.5, 0.6) is 0 Å². The van der Waals surface area contributed by atoms with Crippen LogP contribution in [-0.4, -0.2) is 63.9 Å². The van der Waals surface area contributed by atoms with Crippen molar-refractivity contribution >= 4 is 35.4 Å². The number of Topliss-reactive ketones (excluding diaryl/α,β-unsaturated/α-hetero) is 2. The first-order valence-electron chi connectivity index (χ1n) is 10.2. The van der Waals surface area contributed by atoms with E-state index in [0.717, 1.165) is 28.4 Å². The molecule has 0 unspecified atom stereocenters. The van der Waals surface area contributed by atoms with Crippen molar-refractivity contribution in [2.75, 3.05) is 28.4 Å². The molecule has 4 atom stereocenters. The summed E-state index contributed by atoms with van der Waals surface area (Å²) in [6, 6.07) is 0. The first kappa shape index (κ1) is 23.6. The molecule has 32 heavy (non-hydrogen) atoms. The van der Waals surface area contributed by atoms with Crippen LogP contribution in [0.4, 0.5) is 0 Å². The van der Waals surface area contributed by atoms with Crippen LogP contribution in [0.25, 0.3) is 0 Å². The lowest BCUT2D eigenvalue weighted by Gasteiger charge is -2.47. The Hall–Kier alpha value is -3.04. The van der Waals surface area contributed by atoms with Crippen LogP contribution in [-0.2, 0) is 47.7 Å². The standard InChI is InChI=1S/C22H26O10/c1-29-17(25)11-15(23)12(18(26)30-2)22-10-8-6-5-7-9-21(11,22)13(19(27)31-3)16(24)14(22)20(28)32-4/h5-6,11-14H,7-10H2,1-4H3/t11-,12+,13-,14+,21?,22?. The molecule has 2 fully saturated rings. The minimum absolute atomic E-state index is 0.00149. The average Bonchev–Trinajstić information content (AvgIpc) is 3.09.